The van der Waals surface area contributed by atoms with Crippen LogP contribution in [-0.2, 0) is 4.79 Å². The Morgan fingerprint density at radius 3 is 2.69 bits per heavy atom. The summed E-state index contributed by atoms with van der Waals surface area (Å²) in [7, 11) is 0. The second kappa shape index (κ2) is 9.50. The molecule has 1 atom stereocenters. The van der Waals surface area contributed by atoms with E-state index < -0.39 is 0 Å². The molecule has 1 aliphatic heterocycles. The Kier molecular flexibility index (Phi) is 6.10. The summed E-state index contributed by atoms with van der Waals surface area (Å²) >= 11 is 0. The molecule has 35 heavy (non-hydrogen) atoms. The Morgan fingerprint density at radius 1 is 1.11 bits per heavy atom. The van der Waals surface area contributed by atoms with Crippen molar-refractivity contribution in [1.82, 2.24) is 24.3 Å². The van der Waals surface area contributed by atoms with Gasteiger partial charge in [-0.3, -0.25) is 19.0 Å². The lowest BCUT2D eigenvalue weighted by molar-refractivity contribution is -0.129. The molecular formula is C27H26N6O2. The highest BCUT2D eigenvalue weighted by Crippen LogP contribution is 2.35. The van der Waals surface area contributed by atoms with E-state index in [9.17, 15) is 9.59 Å². The van der Waals surface area contributed by atoms with Gasteiger partial charge in [-0.15, -0.1) is 0 Å². The van der Waals surface area contributed by atoms with Gasteiger partial charge in [-0.1, -0.05) is 24.8 Å². The van der Waals surface area contributed by atoms with Gasteiger partial charge in [0.05, 0.1) is 23.4 Å². The van der Waals surface area contributed by atoms with Gasteiger partial charge in [-0.05, 0) is 56.5 Å². The van der Waals surface area contributed by atoms with E-state index in [1.165, 1.54) is 6.08 Å². The van der Waals surface area contributed by atoms with E-state index in [4.69, 9.17) is 4.98 Å². The maximum absolute atomic E-state index is 12.6. The molecule has 0 bridgehead atoms. The lowest BCUT2D eigenvalue weighted by Gasteiger charge is -2.34. The number of hydrogen-bond acceptors (Lipinski definition) is 5. The van der Waals surface area contributed by atoms with Gasteiger partial charge in [0.2, 0.25) is 5.91 Å². The second-order valence-corrected chi connectivity index (χ2v) is 8.58. The number of benzene rings is 1. The van der Waals surface area contributed by atoms with Crippen molar-refractivity contribution in [3.05, 3.63) is 90.8 Å². The number of rotatable bonds is 5. The molecule has 1 fully saturated rings. The molecule has 0 aliphatic carbocycles. The molecule has 3 aromatic heterocycles. The third kappa shape index (κ3) is 4.30. The molecule has 4 aromatic rings. The number of nitrogens with zero attached hydrogens (tertiary/aromatic N) is 5. The van der Waals surface area contributed by atoms with Crippen LogP contribution in [-0.4, -0.2) is 42.6 Å². The second-order valence-electron chi connectivity index (χ2n) is 8.58. The zero-order valence-electron chi connectivity index (χ0n) is 19.5. The Labute approximate surface area is 203 Å². The lowest BCUT2D eigenvalue weighted by atomic mass is 10.0. The van der Waals surface area contributed by atoms with E-state index >= 15 is 0 Å². The number of carbonyl (C=O) groups is 2. The van der Waals surface area contributed by atoms with E-state index in [2.05, 4.69) is 26.3 Å². The van der Waals surface area contributed by atoms with Crippen molar-refractivity contribution in [2.75, 3.05) is 11.9 Å². The number of hydrogen-bond donors (Lipinski definition) is 1. The molecule has 5 rings (SSSR count). The average Bonchev–Trinajstić information content (AvgIpc) is 3.30. The molecule has 8 nitrogen and oxygen atoms in total. The summed E-state index contributed by atoms with van der Waals surface area (Å²) in [5.74, 6) is 1.01. The minimum atomic E-state index is -0.232. The smallest absolute Gasteiger partial charge is 0.256 e. The van der Waals surface area contributed by atoms with E-state index in [1.807, 2.05) is 30.0 Å². The van der Waals surface area contributed by atoms with Crippen LogP contribution in [0.3, 0.4) is 0 Å². The van der Waals surface area contributed by atoms with Crippen molar-refractivity contribution < 1.29 is 9.59 Å². The number of fused-ring (bicyclic) bond motifs is 1. The van der Waals surface area contributed by atoms with Gasteiger partial charge >= 0.3 is 0 Å². The fourth-order valence-electron chi connectivity index (χ4n) is 4.64. The quantitative estimate of drug-likeness (QED) is 0.434. The molecule has 0 spiro atoms. The van der Waals surface area contributed by atoms with Crippen molar-refractivity contribution in [3.63, 3.8) is 0 Å². The number of pyridine rings is 1. The van der Waals surface area contributed by atoms with E-state index in [0.717, 1.165) is 47.6 Å². The number of likely N-dealkylation sites (tertiary alicyclic amines) is 1. The third-order valence-electron chi connectivity index (χ3n) is 6.34. The van der Waals surface area contributed by atoms with Crippen LogP contribution in [0.25, 0.3) is 16.8 Å². The van der Waals surface area contributed by atoms with Crippen molar-refractivity contribution >= 4 is 23.1 Å². The van der Waals surface area contributed by atoms with Gasteiger partial charge in [0.15, 0.2) is 0 Å². The Morgan fingerprint density at radius 2 is 1.94 bits per heavy atom. The summed E-state index contributed by atoms with van der Waals surface area (Å²) in [5, 5.41) is 2.80. The number of piperidine rings is 1. The number of carbonyl (C=O) groups excluding carboxylic acids is 2. The molecule has 0 radical (unpaired) electrons. The number of nitrogens with one attached hydrogen (secondary N) is 1. The minimum Gasteiger partial charge on any atom is -0.329 e. The zero-order valence-corrected chi connectivity index (χ0v) is 19.5. The summed E-state index contributed by atoms with van der Waals surface area (Å²) in [5.41, 5.74) is 3.96. The van der Waals surface area contributed by atoms with Crippen LogP contribution < -0.4 is 5.32 Å². The zero-order chi connectivity index (χ0) is 24.4. The first-order chi connectivity index (χ1) is 17.1. The molecule has 176 valence electrons. The minimum absolute atomic E-state index is 0.0806. The summed E-state index contributed by atoms with van der Waals surface area (Å²) in [6.45, 7) is 6.35. The highest BCUT2D eigenvalue weighted by Gasteiger charge is 2.31. The summed E-state index contributed by atoms with van der Waals surface area (Å²) in [4.78, 5) is 40.7. The normalized spacial score (nSPS) is 15.7. The maximum Gasteiger partial charge on any atom is 0.256 e. The van der Waals surface area contributed by atoms with Crippen LogP contribution in [0.4, 0.5) is 5.82 Å². The Bertz CT molecular complexity index is 1390. The maximum atomic E-state index is 12.6. The molecule has 0 saturated carbocycles. The van der Waals surface area contributed by atoms with Crippen LogP contribution in [0.2, 0.25) is 0 Å². The number of amides is 2. The van der Waals surface area contributed by atoms with Crippen molar-refractivity contribution in [2.24, 2.45) is 0 Å². The Hall–Kier alpha value is -4.33. The summed E-state index contributed by atoms with van der Waals surface area (Å²) in [6.07, 6.45) is 9.43. The molecule has 0 unspecified atom stereocenters. The first kappa shape index (κ1) is 22.5. The van der Waals surface area contributed by atoms with Gasteiger partial charge in [0, 0.05) is 35.8 Å². The molecule has 1 aliphatic rings. The fourth-order valence-corrected chi connectivity index (χ4v) is 4.64. The molecule has 1 N–H and O–H groups in total. The van der Waals surface area contributed by atoms with Gasteiger partial charge in [0.1, 0.15) is 11.6 Å². The number of imidazole rings is 1. The lowest BCUT2D eigenvalue weighted by Crippen LogP contribution is -2.38. The van der Waals surface area contributed by atoms with Crippen molar-refractivity contribution in [2.45, 2.75) is 32.2 Å². The molecule has 8 heteroatoms. The monoisotopic (exact) mass is 466 g/mol. The summed E-state index contributed by atoms with van der Waals surface area (Å²) in [6, 6.07) is 12.5. The molecule has 2 amide bonds. The van der Waals surface area contributed by atoms with Gasteiger partial charge in [-0.2, -0.15) is 0 Å². The first-order valence-corrected chi connectivity index (χ1v) is 11.7. The van der Waals surface area contributed by atoms with Gasteiger partial charge in [0.25, 0.3) is 5.91 Å². The topological polar surface area (TPSA) is 92.5 Å². The molecule has 1 aromatic carbocycles. The predicted octanol–water partition coefficient (Wildman–Crippen LogP) is 4.59. The third-order valence-corrected chi connectivity index (χ3v) is 6.34. The van der Waals surface area contributed by atoms with Crippen LogP contribution in [0.1, 0.15) is 47.2 Å². The first-order valence-electron chi connectivity index (χ1n) is 11.7. The van der Waals surface area contributed by atoms with Crippen molar-refractivity contribution in [3.8, 4) is 11.3 Å². The molecule has 1 saturated heterocycles. The predicted molar refractivity (Wildman–Crippen MR) is 134 cm³/mol. The highest BCUT2D eigenvalue weighted by atomic mass is 16.2. The van der Waals surface area contributed by atoms with Crippen LogP contribution in [0.5, 0.6) is 0 Å². The van der Waals surface area contributed by atoms with E-state index in [-0.39, 0.29) is 17.9 Å². The largest absolute Gasteiger partial charge is 0.329 e. The molecular weight excluding hydrogens is 440 g/mol. The molecule has 4 heterocycles. The van der Waals surface area contributed by atoms with Crippen molar-refractivity contribution in [1.29, 1.82) is 0 Å². The van der Waals surface area contributed by atoms with Gasteiger partial charge < -0.3 is 10.2 Å². The van der Waals surface area contributed by atoms with Crippen LogP contribution in [0, 0.1) is 6.92 Å². The SMILES string of the molecule is C=CC(=O)N1CCCC[C@H]1c1nc(-c2ccc(C(=O)Nc3ccccn3)cc2)c2cncc(C)n12. The average molecular weight is 467 g/mol. The van der Waals surface area contributed by atoms with Crippen LogP contribution in [0.15, 0.2) is 73.7 Å². The van der Waals surface area contributed by atoms with E-state index in [1.54, 1.807) is 42.9 Å². The van der Waals surface area contributed by atoms with Gasteiger partial charge in [-0.25, -0.2) is 9.97 Å². The number of aromatic nitrogens is 4. The number of aryl methyl sites for hydroxylation is 1. The van der Waals surface area contributed by atoms with E-state index in [0.29, 0.717) is 17.9 Å². The summed E-state index contributed by atoms with van der Waals surface area (Å²) < 4.78 is 2.09. The Balaban J connectivity index is 1.52. The fraction of sp³-hybridized carbons (Fsp3) is 0.222. The van der Waals surface area contributed by atoms with Crippen LogP contribution >= 0.6 is 0 Å². The highest BCUT2D eigenvalue weighted by molar-refractivity contribution is 6.04. The standard InChI is InChI=1S/C27H26N6O2/c1-3-24(34)32-15-7-5-8-21(32)26-31-25(22-17-28-16-18(2)33(22)26)19-10-12-20(13-11-19)27(35)30-23-9-4-6-14-29-23/h3-4,6,9-14,16-17,21H,1,5,7-8,15H2,2H3,(H,29,30,35)/t21-/m0/s1. The number of anilines is 1.